The summed E-state index contributed by atoms with van der Waals surface area (Å²) in [7, 11) is 1.13. The first-order valence-corrected chi connectivity index (χ1v) is 23.2. The van der Waals surface area contributed by atoms with E-state index in [0.717, 1.165) is 60.9 Å². The van der Waals surface area contributed by atoms with Gasteiger partial charge in [0.1, 0.15) is 17.0 Å². The quantitative estimate of drug-likeness (QED) is 0.0791. The number of anilines is 1. The van der Waals surface area contributed by atoms with Gasteiger partial charge in [-0.2, -0.15) is 13.2 Å². The third-order valence-electron chi connectivity index (χ3n) is 14.0. The van der Waals surface area contributed by atoms with Crippen molar-refractivity contribution in [2.24, 2.45) is 23.5 Å². The molecule has 1 saturated carbocycles. The molecule has 4 aromatic rings. The fourth-order valence-electron chi connectivity index (χ4n) is 10.7. The molecule has 3 aromatic carbocycles. The number of ether oxygens (including phenoxy) is 3. The summed E-state index contributed by atoms with van der Waals surface area (Å²) in [4.78, 5) is 45.6. The van der Waals surface area contributed by atoms with Crippen LogP contribution < -0.4 is 25.4 Å². The van der Waals surface area contributed by atoms with Gasteiger partial charge in [-0.05, 0) is 147 Å². The average Bonchev–Trinajstić information content (AvgIpc) is 3.58. The fourth-order valence-corrected chi connectivity index (χ4v) is 10.9. The van der Waals surface area contributed by atoms with Crippen molar-refractivity contribution in [3.05, 3.63) is 118 Å². The van der Waals surface area contributed by atoms with Crippen LogP contribution in [0.5, 0.6) is 11.5 Å². The summed E-state index contributed by atoms with van der Waals surface area (Å²) in [5.74, 6) is -1.57. The number of halogens is 4. The Hall–Kier alpha value is -5.14. The number of benzene rings is 3. The van der Waals surface area contributed by atoms with Crippen LogP contribution in [0.1, 0.15) is 99.1 Å². The van der Waals surface area contributed by atoms with E-state index >= 15 is 0 Å². The summed E-state index contributed by atoms with van der Waals surface area (Å²) in [6.45, 7) is 5.78. The van der Waals surface area contributed by atoms with E-state index in [9.17, 15) is 27.6 Å². The van der Waals surface area contributed by atoms with Crippen LogP contribution >= 0.6 is 11.6 Å². The number of nitrogens with one attached hydrogen (secondary N) is 1. The predicted octanol–water partition coefficient (Wildman–Crippen LogP) is 9.47. The molecule has 14 heteroatoms. The lowest BCUT2D eigenvalue weighted by atomic mass is 9.59. The number of aromatic nitrogens is 1. The molecule has 348 valence electrons. The van der Waals surface area contributed by atoms with E-state index < -0.39 is 29.0 Å². The Labute approximate surface area is 384 Å². The molecular formula is C51H60ClF3N4O6. The molecule has 2 amide bonds. The molecule has 3 N–H and O–H groups in total. The second-order valence-electron chi connectivity index (χ2n) is 18.2. The van der Waals surface area contributed by atoms with E-state index in [1.54, 1.807) is 0 Å². The summed E-state index contributed by atoms with van der Waals surface area (Å²) < 4.78 is 61.7. The van der Waals surface area contributed by atoms with Gasteiger partial charge in [0.15, 0.2) is 0 Å². The first-order chi connectivity index (χ1) is 31.2. The van der Waals surface area contributed by atoms with Crippen LogP contribution in [0.2, 0.25) is 5.02 Å². The van der Waals surface area contributed by atoms with Crippen molar-refractivity contribution in [3.8, 4) is 11.5 Å². The van der Waals surface area contributed by atoms with Crippen LogP contribution in [0, 0.1) is 17.8 Å². The predicted molar refractivity (Wildman–Crippen MR) is 244 cm³/mol. The molecule has 1 fully saturated rings. The van der Waals surface area contributed by atoms with Crippen LogP contribution in [-0.4, -0.2) is 67.9 Å². The maximum absolute atomic E-state index is 14.5. The zero-order valence-corrected chi connectivity index (χ0v) is 38.2. The number of rotatable bonds is 17. The maximum Gasteiger partial charge on any atom is 0.471 e. The van der Waals surface area contributed by atoms with Gasteiger partial charge in [0, 0.05) is 41.3 Å². The molecule has 0 radical (unpaired) electrons. The van der Waals surface area contributed by atoms with E-state index in [0.29, 0.717) is 68.4 Å². The van der Waals surface area contributed by atoms with Crippen molar-refractivity contribution in [1.82, 2.24) is 10.3 Å². The highest BCUT2D eigenvalue weighted by Crippen LogP contribution is 2.58. The second-order valence-corrected chi connectivity index (χ2v) is 18.7. The van der Waals surface area contributed by atoms with Crippen LogP contribution in [0.3, 0.4) is 0 Å². The molecule has 3 aliphatic carbocycles. The SMILES string of the molecule is COC(=O)C1(N(C(=O)C(F)(F)F)c2cccc(Cl)c2)CCC2(CC1)c1cc(OCCCNC(=O)C(CN)Cc3ccccc3)ccc1C[C@@H]2C[C@@H](C)COc1ccnc2c1[C@H](C)CCC2. The molecule has 65 heavy (non-hydrogen) atoms. The van der Waals surface area contributed by atoms with Gasteiger partial charge >= 0.3 is 18.1 Å². The van der Waals surface area contributed by atoms with Gasteiger partial charge in [0.05, 0.1) is 26.2 Å². The highest BCUT2D eigenvalue weighted by molar-refractivity contribution is 6.31. The standard InChI is InChI=1S/C51H60ClF3N4O6/c1-33(32-65-44-18-24-57-43-15-7-10-34(2)45(43)44)26-38-28-36-16-17-41(64-25-9-23-58-46(60)37(31-56)27-35-11-5-4-6-12-35)30-42(36)49(38)19-21-50(22-20-49,48(62)63-3)59(47(61)51(53,54)55)40-14-8-13-39(52)29-40/h4-6,8,11-14,16-18,24,29-30,33-34,37-38H,7,9-10,15,19-23,25-28,31-32,56H2,1-3H3,(H,58,60)/t33-,34-,37?,38+,49?,50?/m1/s1. The number of fused-ring (bicyclic) bond motifs is 3. The van der Waals surface area contributed by atoms with Gasteiger partial charge < -0.3 is 25.3 Å². The van der Waals surface area contributed by atoms with Gasteiger partial charge in [0.25, 0.3) is 0 Å². The molecule has 4 atom stereocenters. The van der Waals surface area contributed by atoms with E-state index in [-0.39, 0.29) is 53.8 Å². The number of amides is 2. The lowest BCUT2D eigenvalue weighted by Gasteiger charge is -2.51. The molecule has 10 nitrogen and oxygen atoms in total. The number of alkyl halides is 3. The van der Waals surface area contributed by atoms with Crippen molar-refractivity contribution in [1.29, 1.82) is 0 Å². The van der Waals surface area contributed by atoms with Crippen molar-refractivity contribution in [3.63, 3.8) is 0 Å². The first-order valence-electron chi connectivity index (χ1n) is 22.8. The molecule has 0 saturated heterocycles. The third-order valence-corrected chi connectivity index (χ3v) is 14.2. The number of aryl methyl sites for hydroxylation is 1. The van der Waals surface area contributed by atoms with Crippen LogP contribution in [0.4, 0.5) is 18.9 Å². The largest absolute Gasteiger partial charge is 0.494 e. The molecule has 3 aliphatic rings. The Bertz CT molecular complexity index is 2300. The molecule has 7 rings (SSSR count). The molecule has 0 bridgehead atoms. The number of hydrogen-bond donors (Lipinski definition) is 2. The Balaban J connectivity index is 1.12. The Morgan fingerprint density at radius 3 is 2.48 bits per heavy atom. The number of carbonyl (C=O) groups excluding carboxylic acids is 3. The molecule has 0 aliphatic heterocycles. The smallest absolute Gasteiger partial charge is 0.471 e. The molecule has 1 spiro atoms. The van der Waals surface area contributed by atoms with Crippen LogP contribution in [-0.2, 0) is 43.8 Å². The Morgan fingerprint density at radius 1 is 1.00 bits per heavy atom. The lowest BCUT2D eigenvalue weighted by molar-refractivity contribution is -0.174. The number of nitrogens with two attached hydrogens (primary N) is 1. The number of methoxy groups -OCH3 is 1. The van der Waals surface area contributed by atoms with Crippen LogP contribution in [0.15, 0.2) is 85.1 Å². The summed E-state index contributed by atoms with van der Waals surface area (Å²) in [5.41, 5.74) is 8.74. The summed E-state index contributed by atoms with van der Waals surface area (Å²) in [5, 5.41) is 3.12. The second kappa shape index (κ2) is 20.6. The summed E-state index contributed by atoms with van der Waals surface area (Å²) in [6.07, 6.45) is 2.60. The minimum absolute atomic E-state index is 0.0341. The number of esters is 1. The highest BCUT2D eigenvalue weighted by atomic mass is 35.5. The van der Waals surface area contributed by atoms with Crippen molar-refractivity contribution in [2.45, 2.75) is 108 Å². The minimum atomic E-state index is -5.29. The van der Waals surface area contributed by atoms with Gasteiger partial charge in [-0.3, -0.25) is 19.5 Å². The minimum Gasteiger partial charge on any atom is -0.494 e. The van der Waals surface area contributed by atoms with E-state index in [1.807, 2.05) is 54.7 Å². The summed E-state index contributed by atoms with van der Waals surface area (Å²) in [6, 6.07) is 23.3. The average molecular weight is 918 g/mol. The van der Waals surface area contributed by atoms with E-state index in [1.165, 1.54) is 29.8 Å². The monoisotopic (exact) mass is 916 g/mol. The maximum atomic E-state index is 14.5. The zero-order chi connectivity index (χ0) is 46.4. The molecule has 1 heterocycles. The Morgan fingerprint density at radius 2 is 1.77 bits per heavy atom. The zero-order valence-electron chi connectivity index (χ0n) is 37.4. The lowest BCUT2D eigenvalue weighted by Crippen LogP contribution is -2.63. The van der Waals surface area contributed by atoms with Gasteiger partial charge in [0.2, 0.25) is 5.91 Å². The number of hydrogen-bond acceptors (Lipinski definition) is 8. The van der Waals surface area contributed by atoms with Gasteiger partial charge in [-0.1, -0.05) is 67.9 Å². The van der Waals surface area contributed by atoms with Crippen molar-refractivity contribution >= 4 is 35.1 Å². The van der Waals surface area contributed by atoms with Gasteiger partial charge in [-0.15, -0.1) is 0 Å². The molecule has 1 aromatic heterocycles. The van der Waals surface area contributed by atoms with Crippen molar-refractivity contribution < 1.29 is 41.8 Å². The van der Waals surface area contributed by atoms with Crippen LogP contribution in [0.25, 0.3) is 0 Å². The fraction of sp³-hybridized carbons (Fsp3) is 0.490. The Kier molecular flexibility index (Phi) is 15.1. The third kappa shape index (κ3) is 10.5. The number of pyridine rings is 1. The molecular weight excluding hydrogens is 857 g/mol. The van der Waals surface area contributed by atoms with Gasteiger partial charge in [-0.25, -0.2) is 4.79 Å². The van der Waals surface area contributed by atoms with E-state index in [4.69, 9.17) is 31.5 Å². The molecule has 1 unspecified atom stereocenters. The van der Waals surface area contributed by atoms with Crippen molar-refractivity contribution in [2.75, 3.05) is 38.3 Å². The number of nitrogens with zero attached hydrogens (tertiary/aromatic N) is 2. The first kappa shape index (κ1) is 47.8. The normalized spacial score (nSPS) is 22.3. The number of carbonyl (C=O) groups is 3. The highest BCUT2D eigenvalue weighted by Gasteiger charge is 2.60. The van der Waals surface area contributed by atoms with E-state index in [2.05, 4.69) is 30.2 Å². The summed E-state index contributed by atoms with van der Waals surface area (Å²) >= 11 is 6.28. The topological polar surface area (TPSA) is 133 Å².